The molecule has 1 unspecified atom stereocenters. The van der Waals surface area contributed by atoms with Gasteiger partial charge in [-0.05, 0) is 44.5 Å². The van der Waals surface area contributed by atoms with E-state index in [1.54, 1.807) is 18.7 Å². The molecule has 1 saturated heterocycles. The van der Waals surface area contributed by atoms with Crippen molar-refractivity contribution in [2.75, 3.05) is 4.90 Å². The third-order valence-electron chi connectivity index (χ3n) is 3.29. The maximum atomic E-state index is 12.5. The number of hydrogen-bond acceptors (Lipinski definition) is 2. The molecule has 0 aliphatic carbocycles. The van der Waals surface area contributed by atoms with Crippen LogP contribution in [0, 0.1) is 0 Å². The molecular formula is C14H17BrN2O2. The van der Waals surface area contributed by atoms with Crippen LogP contribution >= 0.6 is 15.9 Å². The average molecular weight is 325 g/mol. The molecule has 1 aliphatic heterocycles. The first kappa shape index (κ1) is 14.1. The van der Waals surface area contributed by atoms with E-state index in [0.29, 0.717) is 6.42 Å². The number of hydrogen-bond donors (Lipinski definition) is 1. The van der Waals surface area contributed by atoms with Gasteiger partial charge in [-0.15, -0.1) is 0 Å². The molecule has 2 rings (SSSR count). The maximum Gasteiger partial charge on any atom is 0.252 e. The van der Waals surface area contributed by atoms with Crippen LogP contribution in [0.4, 0.5) is 5.69 Å². The van der Waals surface area contributed by atoms with E-state index in [4.69, 9.17) is 0 Å². The van der Waals surface area contributed by atoms with Gasteiger partial charge in [0.05, 0.1) is 0 Å². The predicted molar refractivity (Wildman–Crippen MR) is 77.9 cm³/mol. The van der Waals surface area contributed by atoms with E-state index in [-0.39, 0.29) is 11.8 Å². The monoisotopic (exact) mass is 324 g/mol. The number of benzene rings is 1. The number of nitrogens with one attached hydrogen (secondary N) is 1. The molecule has 0 bridgehead atoms. The molecule has 4 nitrogen and oxygen atoms in total. The number of rotatable bonds is 2. The summed E-state index contributed by atoms with van der Waals surface area (Å²) in [5.41, 5.74) is -0.112. The zero-order chi connectivity index (χ0) is 14.2. The van der Waals surface area contributed by atoms with Crippen molar-refractivity contribution in [2.45, 2.75) is 38.8 Å². The summed E-state index contributed by atoms with van der Waals surface area (Å²) in [4.78, 5) is 26.3. The van der Waals surface area contributed by atoms with Crippen LogP contribution in [0.2, 0.25) is 0 Å². The molecule has 1 heterocycles. The molecule has 2 amide bonds. The highest BCUT2D eigenvalue weighted by Crippen LogP contribution is 2.27. The first-order chi connectivity index (χ1) is 8.86. The van der Waals surface area contributed by atoms with Crippen molar-refractivity contribution in [1.82, 2.24) is 5.32 Å². The Morgan fingerprint density at radius 1 is 1.26 bits per heavy atom. The van der Waals surface area contributed by atoms with Gasteiger partial charge < -0.3 is 5.32 Å². The molecule has 1 fully saturated rings. The van der Waals surface area contributed by atoms with Crippen molar-refractivity contribution in [1.29, 1.82) is 0 Å². The fourth-order valence-electron chi connectivity index (χ4n) is 2.27. The highest BCUT2D eigenvalue weighted by molar-refractivity contribution is 9.10. The van der Waals surface area contributed by atoms with Gasteiger partial charge in [-0.25, -0.2) is 0 Å². The number of anilines is 1. The quantitative estimate of drug-likeness (QED) is 0.908. The Balaban J connectivity index is 2.45. The summed E-state index contributed by atoms with van der Waals surface area (Å²) < 4.78 is 0.942. The molecule has 1 N–H and O–H groups in total. The number of amides is 2. The zero-order valence-electron chi connectivity index (χ0n) is 11.2. The van der Waals surface area contributed by atoms with Crippen molar-refractivity contribution < 1.29 is 9.59 Å². The zero-order valence-corrected chi connectivity index (χ0v) is 12.8. The van der Waals surface area contributed by atoms with Crippen molar-refractivity contribution in [3.63, 3.8) is 0 Å². The van der Waals surface area contributed by atoms with Crippen LogP contribution < -0.4 is 10.2 Å². The van der Waals surface area contributed by atoms with E-state index in [1.807, 2.05) is 31.2 Å². The summed E-state index contributed by atoms with van der Waals surface area (Å²) in [7, 11) is 0. The fourth-order valence-corrected chi connectivity index (χ4v) is 2.54. The molecule has 0 spiro atoms. The van der Waals surface area contributed by atoms with Gasteiger partial charge in [0.1, 0.15) is 11.6 Å². The van der Waals surface area contributed by atoms with Gasteiger partial charge in [-0.1, -0.05) is 22.9 Å². The minimum atomic E-state index is -0.865. The number of nitrogens with zero attached hydrogens (tertiary/aromatic N) is 1. The lowest BCUT2D eigenvalue weighted by molar-refractivity contribution is -0.137. The molecule has 19 heavy (non-hydrogen) atoms. The molecule has 0 radical (unpaired) electrons. The molecule has 5 heteroatoms. The smallest absolute Gasteiger partial charge is 0.252 e. The van der Waals surface area contributed by atoms with Crippen LogP contribution in [-0.2, 0) is 9.59 Å². The summed E-state index contributed by atoms with van der Waals surface area (Å²) >= 11 is 3.37. The molecule has 1 aromatic carbocycles. The van der Waals surface area contributed by atoms with Crippen molar-refractivity contribution in [3.05, 3.63) is 28.7 Å². The Labute approximate surface area is 121 Å². The minimum absolute atomic E-state index is 0.0822. The Bertz CT molecular complexity index is 511. The van der Waals surface area contributed by atoms with Gasteiger partial charge in [0, 0.05) is 10.2 Å². The molecular weight excluding hydrogens is 308 g/mol. The van der Waals surface area contributed by atoms with Crippen molar-refractivity contribution in [2.24, 2.45) is 0 Å². The minimum Gasteiger partial charge on any atom is -0.340 e. The predicted octanol–water partition coefficient (Wildman–Crippen LogP) is 2.47. The van der Waals surface area contributed by atoms with Crippen LogP contribution in [-0.4, -0.2) is 23.4 Å². The van der Waals surface area contributed by atoms with Gasteiger partial charge in [0.15, 0.2) is 0 Å². The van der Waals surface area contributed by atoms with Crippen molar-refractivity contribution >= 4 is 33.4 Å². The van der Waals surface area contributed by atoms with E-state index < -0.39 is 11.6 Å². The average Bonchev–Trinajstić information content (AvgIpc) is 2.34. The Morgan fingerprint density at radius 3 is 2.37 bits per heavy atom. The highest BCUT2D eigenvalue weighted by atomic mass is 79.9. The Kier molecular flexibility index (Phi) is 3.67. The largest absolute Gasteiger partial charge is 0.340 e. The normalized spacial score (nSPS) is 22.3. The van der Waals surface area contributed by atoms with Crippen molar-refractivity contribution in [3.8, 4) is 0 Å². The second-order valence-electron chi connectivity index (χ2n) is 5.19. The van der Waals surface area contributed by atoms with E-state index in [2.05, 4.69) is 21.2 Å². The topological polar surface area (TPSA) is 49.4 Å². The molecule has 0 aromatic heterocycles. The van der Waals surface area contributed by atoms with Gasteiger partial charge in [0.2, 0.25) is 5.91 Å². The van der Waals surface area contributed by atoms with Crippen LogP contribution in [0.5, 0.6) is 0 Å². The van der Waals surface area contributed by atoms with Crippen LogP contribution in [0.15, 0.2) is 28.7 Å². The fraction of sp³-hybridized carbons (Fsp3) is 0.429. The first-order valence-electron chi connectivity index (χ1n) is 6.28. The summed E-state index contributed by atoms with van der Waals surface area (Å²) in [6.07, 6.45) is 0.587. The molecule has 0 saturated carbocycles. The van der Waals surface area contributed by atoms with E-state index in [0.717, 1.165) is 10.2 Å². The van der Waals surface area contributed by atoms with E-state index >= 15 is 0 Å². The standard InChI is InChI=1S/C14H17BrN2O2/c1-4-11-12(18)16-14(2,3)13(19)17(11)10-7-5-9(15)6-8-10/h5-8,11H,4H2,1-3H3,(H,16,18). The maximum absolute atomic E-state index is 12.5. The molecule has 1 atom stereocenters. The summed E-state index contributed by atoms with van der Waals surface area (Å²) in [6.45, 7) is 5.36. The summed E-state index contributed by atoms with van der Waals surface area (Å²) in [5, 5.41) is 2.78. The van der Waals surface area contributed by atoms with Gasteiger partial charge >= 0.3 is 0 Å². The highest BCUT2D eigenvalue weighted by Gasteiger charge is 2.45. The second kappa shape index (κ2) is 4.96. The molecule has 1 aromatic rings. The number of halogens is 1. The second-order valence-corrected chi connectivity index (χ2v) is 6.11. The van der Waals surface area contributed by atoms with Gasteiger partial charge in [-0.3, -0.25) is 14.5 Å². The third kappa shape index (κ3) is 2.52. The third-order valence-corrected chi connectivity index (χ3v) is 3.82. The summed E-state index contributed by atoms with van der Waals surface area (Å²) in [5.74, 6) is -0.184. The van der Waals surface area contributed by atoms with Gasteiger partial charge in [-0.2, -0.15) is 0 Å². The van der Waals surface area contributed by atoms with Gasteiger partial charge in [0.25, 0.3) is 5.91 Å². The van der Waals surface area contributed by atoms with E-state index in [1.165, 1.54) is 0 Å². The number of carbonyl (C=O) groups is 2. The summed E-state index contributed by atoms with van der Waals surface area (Å²) in [6, 6.07) is 6.99. The SMILES string of the molecule is CCC1C(=O)NC(C)(C)C(=O)N1c1ccc(Br)cc1. The molecule has 1 aliphatic rings. The van der Waals surface area contributed by atoms with Crippen LogP contribution in [0.3, 0.4) is 0 Å². The lowest BCUT2D eigenvalue weighted by Gasteiger charge is -2.42. The Hall–Kier alpha value is -1.36. The van der Waals surface area contributed by atoms with Crippen LogP contribution in [0.1, 0.15) is 27.2 Å². The lowest BCUT2D eigenvalue weighted by atomic mass is 9.95. The lowest BCUT2D eigenvalue weighted by Crippen LogP contribution is -2.68. The number of piperazine rings is 1. The Morgan fingerprint density at radius 2 is 1.84 bits per heavy atom. The van der Waals surface area contributed by atoms with Crippen LogP contribution in [0.25, 0.3) is 0 Å². The first-order valence-corrected chi connectivity index (χ1v) is 7.07. The van der Waals surface area contributed by atoms with E-state index in [9.17, 15) is 9.59 Å². The molecule has 102 valence electrons. The number of carbonyl (C=O) groups excluding carboxylic acids is 2.